The fourth-order valence-electron chi connectivity index (χ4n) is 1.55. The van der Waals surface area contributed by atoms with Crippen molar-refractivity contribution >= 4 is 5.91 Å². The first-order chi connectivity index (χ1) is 7.79. The smallest absolute Gasteiger partial charge is 0.287 e. The maximum absolute atomic E-state index is 11.1. The third-order valence-electron chi connectivity index (χ3n) is 2.41. The second-order valence-electron chi connectivity index (χ2n) is 3.54. The Balaban J connectivity index is 1.94. The molecule has 7 heteroatoms. The highest BCUT2D eigenvalue weighted by Gasteiger charge is 2.15. The van der Waals surface area contributed by atoms with Gasteiger partial charge in [-0.05, 0) is 0 Å². The zero-order chi connectivity index (χ0) is 11.4. The van der Waals surface area contributed by atoms with Crippen molar-refractivity contribution in [1.82, 2.24) is 15.5 Å². The molecule has 1 aliphatic heterocycles. The summed E-state index contributed by atoms with van der Waals surface area (Å²) < 4.78 is 10.3. The lowest BCUT2D eigenvalue weighted by atomic mass is 10.3. The van der Waals surface area contributed by atoms with E-state index in [4.69, 9.17) is 15.1 Å². The van der Waals surface area contributed by atoms with Crippen LogP contribution in [0.1, 0.15) is 16.2 Å². The van der Waals surface area contributed by atoms with Crippen LogP contribution in [0.3, 0.4) is 0 Å². The van der Waals surface area contributed by atoms with E-state index in [9.17, 15) is 4.79 Å². The van der Waals surface area contributed by atoms with Crippen LogP contribution in [0.2, 0.25) is 0 Å². The molecule has 1 aliphatic rings. The molecule has 0 spiro atoms. The Morgan fingerprint density at radius 3 is 3.00 bits per heavy atom. The molecule has 16 heavy (non-hydrogen) atoms. The number of carbonyl (C=O) groups excluding carboxylic acids is 1. The van der Waals surface area contributed by atoms with E-state index in [1.165, 1.54) is 0 Å². The molecule has 1 saturated heterocycles. The molecule has 0 unspecified atom stereocenters. The predicted octanol–water partition coefficient (Wildman–Crippen LogP) is -0.890. The van der Waals surface area contributed by atoms with Gasteiger partial charge >= 0.3 is 0 Å². The maximum Gasteiger partial charge on any atom is 0.287 e. The van der Waals surface area contributed by atoms with Gasteiger partial charge in [0.15, 0.2) is 11.5 Å². The summed E-state index contributed by atoms with van der Waals surface area (Å²) in [4.78, 5) is 13.3. The zero-order valence-electron chi connectivity index (χ0n) is 8.81. The van der Waals surface area contributed by atoms with Crippen molar-refractivity contribution in [3.63, 3.8) is 0 Å². The van der Waals surface area contributed by atoms with E-state index in [2.05, 4.69) is 10.1 Å². The second-order valence-corrected chi connectivity index (χ2v) is 3.54. The van der Waals surface area contributed by atoms with Crippen LogP contribution in [0.25, 0.3) is 0 Å². The molecule has 7 nitrogen and oxygen atoms in total. The minimum atomic E-state index is -0.447. The number of nitrogens with two attached hydrogens (primary N) is 1. The van der Waals surface area contributed by atoms with Crippen molar-refractivity contribution < 1.29 is 14.1 Å². The van der Waals surface area contributed by atoms with E-state index in [0.717, 1.165) is 26.3 Å². The monoisotopic (exact) mass is 226 g/mol. The van der Waals surface area contributed by atoms with Gasteiger partial charge in [0.1, 0.15) is 0 Å². The molecular formula is C9H14N4O3. The van der Waals surface area contributed by atoms with Crippen molar-refractivity contribution in [2.24, 2.45) is 5.84 Å². The van der Waals surface area contributed by atoms with Crippen molar-refractivity contribution in [3.05, 3.63) is 17.5 Å². The van der Waals surface area contributed by atoms with Gasteiger partial charge in [-0.15, -0.1) is 0 Å². The van der Waals surface area contributed by atoms with Gasteiger partial charge < -0.3 is 9.26 Å². The summed E-state index contributed by atoms with van der Waals surface area (Å²) in [6, 6.07) is 1.59. The lowest BCUT2D eigenvalue weighted by Gasteiger charge is -2.25. The van der Waals surface area contributed by atoms with Crippen molar-refractivity contribution in [2.75, 3.05) is 26.3 Å². The van der Waals surface area contributed by atoms with Crippen LogP contribution in [0.5, 0.6) is 0 Å². The fourth-order valence-corrected chi connectivity index (χ4v) is 1.55. The first kappa shape index (κ1) is 11.1. The van der Waals surface area contributed by atoms with Crippen LogP contribution in [-0.4, -0.2) is 42.3 Å². The largest absolute Gasteiger partial charge is 0.379 e. The minimum absolute atomic E-state index is 0.200. The minimum Gasteiger partial charge on any atom is -0.379 e. The highest BCUT2D eigenvalue weighted by atomic mass is 16.5. The Labute approximate surface area is 92.5 Å². The number of hydrogen-bond acceptors (Lipinski definition) is 6. The number of rotatable bonds is 3. The van der Waals surface area contributed by atoms with E-state index in [0.29, 0.717) is 12.3 Å². The van der Waals surface area contributed by atoms with Crippen molar-refractivity contribution in [2.45, 2.75) is 6.54 Å². The maximum atomic E-state index is 11.1. The van der Waals surface area contributed by atoms with Crippen molar-refractivity contribution in [3.8, 4) is 0 Å². The summed E-state index contributed by atoms with van der Waals surface area (Å²) in [5, 5.41) is 3.63. The normalized spacial score (nSPS) is 17.3. The Morgan fingerprint density at radius 1 is 1.56 bits per heavy atom. The molecule has 1 aromatic heterocycles. The number of nitrogens with zero attached hydrogens (tertiary/aromatic N) is 2. The molecule has 0 saturated carbocycles. The third kappa shape index (κ3) is 2.57. The molecule has 2 rings (SSSR count). The van der Waals surface area contributed by atoms with Crippen LogP contribution in [0, 0.1) is 0 Å². The van der Waals surface area contributed by atoms with Gasteiger partial charge in [-0.1, -0.05) is 5.16 Å². The van der Waals surface area contributed by atoms with Gasteiger partial charge in [-0.25, -0.2) is 5.84 Å². The number of ether oxygens (including phenoxy) is 1. The lowest BCUT2D eigenvalue weighted by Crippen LogP contribution is -2.35. The fraction of sp³-hybridized carbons (Fsp3) is 0.556. The molecule has 0 atom stereocenters. The van der Waals surface area contributed by atoms with Crippen LogP contribution >= 0.6 is 0 Å². The predicted molar refractivity (Wildman–Crippen MR) is 54.3 cm³/mol. The summed E-state index contributed by atoms with van der Waals surface area (Å²) >= 11 is 0. The average Bonchev–Trinajstić information content (AvgIpc) is 2.78. The number of nitrogens with one attached hydrogen (secondary N) is 1. The number of hydrogen-bond donors (Lipinski definition) is 2. The van der Waals surface area contributed by atoms with E-state index in [-0.39, 0.29) is 5.69 Å². The molecule has 1 fully saturated rings. The molecule has 2 heterocycles. The molecule has 3 N–H and O–H groups in total. The van der Waals surface area contributed by atoms with Crippen molar-refractivity contribution in [1.29, 1.82) is 0 Å². The number of aromatic nitrogens is 1. The van der Waals surface area contributed by atoms with Crippen LogP contribution < -0.4 is 11.3 Å². The molecule has 1 aromatic rings. The summed E-state index contributed by atoms with van der Waals surface area (Å²) in [7, 11) is 0. The van der Waals surface area contributed by atoms with E-state index >= 15 is 0 Å². The summed E-state index contributed by atoms with van der Waals surface area (Å²) in [5.74, 6) is 5.20. The molecule has 0 radical (unpaired) electrons. The van der Waals surface area contributed by atoms with Gasteiger partial charge in [0, 0.05) is 19.2 Å². The molecule has 88 valence electrons. The summed E-state index contributed by atoms with van der Waals surface area (Å²) in [5.41, 5.74) is 2.20. The molecule has 0 aliphatic carbocycles. The number of nitrogen functional groups attached to an aromatic ring is 1. The topological polar surface area (TPSA) is 93.6 Å². The van der Waals surface area contributed by atoms with Gasteiger partial charge in [0.05, 0.1) is 19.8 Å². The van der Waals surface area contributed by atoms with E-state index in [1.807, 2.05) is 5.43 Å². The number of morpholine rings is 1. The van der Waals surface area contributed by atoms with E-state index in [1.54, 1.807) is 6.07 Å². The SMILES string of the molecule is NNC(=O)c1cc(CN2CCOCC2)on1. The van der Waals surface area contributed by atoms with Gasteiger partial charge in [-0.2, -0.15) is 0 Å². The van der Waals surface area contributed by atoms with Gasteiger partial charge in [0.25, 0.3) is 5.91 Å². The molecule has 1 amide bonds. The Hall–Kier alpha value is -1.44. The van der Waals surface area contributed by atoms with Crippen LogP contribution in [-0.2, 0) is 11.3 Å². The molecule has 0 bridgehead atoms. The average molecular weight is 226 g/mol. The first-order valence-corrected chi connectivity index (χ1v) is 5.06. The van der Waals surface area contributed by atoms with E-state index < -0.39 is 5.91 Å². The first-order valence-electron chi connectivity index (χ1n) is 5.06. The molecular weight excluding hydrogens is 212 g/mol. The van der Waals surface area contributed by atoms with Crippen LogP contribution in [0.4, 0.5) is 0 Å². The zero-order valence-corrected chi connectivity index (χ0v) is 8.81. The highest BCUT2D eigenvalue weighted by Crippen LogP contribution is 2.08. The Morgan fingerprint density at radius 2 is 2.31 bits per heavy atom. The lowest BCUT2D eigenvalue weighted by molar-refractivity contribution is 0.0305. The van der Waals surface area contributed by atoms with Gasteiger partial charge in [0.2, 0.25) is 0 Å². The standard InChI is InChI=1S/C9H14N4O3/c10-11-9(14)8-5-7(16-12-8)6-13-1-3-15-4-2-13/h5H,1-4,6,10H2,(H,11,14). The number of carbonyl (C=O) groups is 1. The third-order valence-corrected chi connectivity index (χ3v) is 2.41. The van der Waals surface area contributed by atoms with Crippen LogP contribution in [0.15, 0.2) is 10.6 Å². The number of hydrazine groups is 1. The molecule has 0 aromatic carbocycles. The summed E-state index contributed by atoms with van der Waals surface area (Å²) in [6.45, 7) is 3.81. The Bertz CT molecular complexity index is 359. The van der Waals surface area contributed by atoms with Gasteiger partial charge in [-0.3, -0.25) is 15.1 Å². The quantitative estimate of drug-likeness (QED) is 0.394. The highest BCUT2D eigenvalue weighted by molar-refractivity contribution is 5.91. The number of amides is 1. The second kappa shape index (κ2) is 5.06. The Kier molecular flexibility index (Phi) is 3.50. The summed E-state index contributed by atoms with van der Waals surface area (Å²) in [6.07, 6.45) is 0.